The Hall–Kier alpha value is -5.70. The van der Waals surface area contributed by atoms with Gasteiger partial charge in [-0.15, -0.1) is 11.3 Å². The largest absolute Gasteiger partial charge is 0.496 e. The van der Waals surface area contributed by atoms with Crippen LogP contribution in [0.15, 0.2) is 107 Å². The van der Waals surface area contributed by atoms with Gasteiger partial charge in [0, 0.05) is 28.1 Å². The molecule has 4 aromatic heterocycles. The first-order valence-corrected chi connectivity index (χ1v) is 15.1. The van der Waals surface area contributed by atoms with Crippen molar-refractivity contribution in [3.63, 3.8) is 0 Å². The van der Waals surface area contributed by atoms with Gasteiger partial charge in [0.15, 0.2) is 12.2 Å². The summed E-state index contributed by atoms with van der Waals surface area (Å²) in [7, 11) is 1.48. The maximum Gasteiger partial charge on any atom is 0.283 e. The summed E-state index contributed by atoms with van der Waals surface area (Å²) in [5.74, 6) is 5.86. The van der Waals surface area contributed by atoms with Gasteiger partial charge in [0.05, 0.1) is 42.0 Å². The van der Waals surface area contributed by atoms with Crippen molar-refractivity contribution in [1.82, 2.24) is 19.3 Å². The van der Waals surface area contributed by atoms with Crippen LogP contribution in [0.1, 0.15) is 36.9 Å². The third-order valence-corrected chi connectivity index (χ3v) is 8.07. The Kier molecular flexibility index (Phi) is 8.91. The second kappa shape index (κ2) is 13.5. The zero-order chi connectivity index (χ0) is 32.0. The Morgan fingerprint density at radius 1 is 1.00 bits per heavy atom. The van der Waals surface area contributed by atoms with Crippen molar-refractivity contribution in [3.05, 3.63) is 140 Å². The van der Waals surface area contributed by atoms with Gasteiger partial charge < -0.3 is 14.5 Å². The summed E-state index contributed by atoms with van der Waals surface area (Å²) in [6.45, 7) is -0.0133. The van der Waals surface area contributed by atoms with Crippen molar-refractivity contribution in [1.29, 1.82) is 0 Å². The molecule has 46 heavy (non-hydrogen) atoms. The van der Waals surface area contributed by atoms with Crippen LogP contribution >= 0.6 is 22.9 Å². The number of para-hydroxylation sites is 1. The van der Waals surface area contributed by atoms with E-state index < -0.39 is 17.2 Å². The predicted octanol–water partition coefficient (Wildman–Crippen LogP) is 6.01. The van der Waals surface area contributed by atoms with Gasteiger partial charge in [-0.25, -0.2) is 4.98 Å². The van der Waals surface area contributed by atoms with Crippen molar-refractivity contribution >= 4 is 40.4 Å². The molecule has 0 unspecified atom stereocenters. The van der Waals surface area contributed by atoms with E-state index in [1.54, 1.807) is 42.5 Å². The zero-order valence-corrected chi connectivity index (χ0v) is 25.8. The maximum atomic E-state index is 13.9. The number of nitrogens with one attached hydrogen (secondary N) is 1. The number of pyridine rings is 1. The number of halogens is 1. The van der Waals surface area contributed by atoms with E-state index in [-0.39, 0.29) is 29.3 Å². The van der Waals surface area contributed by atoms with Crippen LogP contribution in [0.2, 0.25) is 4.34 Å². The highest BCUT2D eigenvalue weighted by Crippen LogP contribution is 2.28. The molecule has 0 fully saturated rings. The molecule has 2 aromatic carbocycles. The normalized spacial score (nSPS) is 10.7. The Bertz CT molecular complexity index is 2160. The average Bonchev–Trinajstić information content (AvgIpc) is 3.86. The molecule has 0 radical (unpaired) electrons. The summed E-state index contributed by atoms with van der Waals surface area (Å²) >= 11 is 7.53. The van der Waals surface area contributed by atoms with E-state index in [1.165, 1.54) is 40.0 Å². The number of oxazole rings is 1. The molecule has 0 amide bonds. The molecule has 10 nitrogen and oxygen atoms in total. The fourth-order valence-corrected chi connectivity index (χ4v) is 5.66. The summed E-state index contributed by atoms with van der Waals surface area (Å²) in [5, 5.41) is 7.92. The van der Waals surface area contributed by atoms with E-state index in [1.807, 2.05) is 36.4 Å². The first-order valence-electron chi connectivity index (χ1n) is 13.9. The third kappa shape index (κ3) is 6.68. The molecule has 1 N–H and O–H groups in total. The minimum Gasteiger partial charge on any atom is -0.496 e. The minimum atomic E-state index is -0.490. The molecule has 6 aromatic rings. The highest BCUT2D eigenvalue weighted by molar-refractivity contribution is 7.16. The van der Waals surface area contributed by atoms with E-state index in [9.17, 15) is 14.4 Å². The number of aromatic nitrogens is 4. The molecule has 0 bridgehead atoms. The second-order valence-corrected chi connectivity index (χ2v) is 11.6. The van der Waals surface area contributed by atoms with Crippen LogP contribution in [0.3, 0.4) is 0 Å². The average molecular weight is 650 g/mol. The number of benzene rings is 2. The number of hydrogen-bond donors (Lipinski definition) is 1. The quantitative estimate of drug-likeness (QED) is 0.149. The van der Waals surface area contributed by atoms with Gasteiger partial charge >= 0.3 is 0 Å². The summed E-state index contributed by atoms with van der Waals surface area (Å²) in [4.78, 5) is 45.3. The molecule has 0 saturated carbocycles. The second-order valence-electron chi connectivity index (χ2n) is 9.85. The monoisotopic (exact) mass is 649 g/mol. The number of rotatable bonds is 9. The van der Waals surface area contributed by atoms with Crippen molar-refractivity contribution in [2.45, 2.75) is 13.1 Å². The van der Waals surface area contributed by atoms with E-state index in [0.717, 1.165) is 16.8 Å². The van der Waals surface area contributed by atoms with E-state index in [2.05, 4.69) is 27.2 Å². The molecule has 0 aliphatic rings. The lowest BCUT2D eigenvalue weighted by Gasteiger charge is -2.11. The third-order valence-electron chi connectivity index (χ3n) is 6.84. The minimum absolute atomic E-state index is 0.000333. The molecule has 0 saturated heterocycles. The van der Waals surface area contributed by atoms with Gasteiger partial charge in [-0.05, 0) is 42.5 Å². The summed E-state index contributed by atoms with van der Waals surface area (Å²) in [6, 6.07) is 24.5. The molecule has 0 spiro atoms. The van der Waals surface area contributed by atoms with Crippen LogP contribution in [-0.2, 0) is 13.1 Å². The van der Waals surface area contributed by atoms with Gasteiger partial charge in [-0.1, -0.05) is 53.8 Å². The van der Waals surface area contributed by atoms with Crippen LogP contribution in [0.5, 0.6) is 5.75 Å². The van der Waals surface area contributed by atoms with Gasteiger partial charge in [-0.3, -0.25) is 19.0 Å². The van der Waals surface area contributed by atoms with Gasteiger partial charge in [-0.2, -0.15) is 9.78 Å². The van der Waals surface area contributed by atoms with Crippen molar-refractivity contribution in [2.75, 3.05) is 12.4 Å². The highest BCUT2D eigenvalue weighted by atomic mass is 35.5. The lowest BCUT2D eigenvalue weighted by Crippen LogP contribution is -2.26. The first-order chi connectivity index (χ1) is 22.4. The van der Waals surface area contributed by atoms with Crippen LogP contribution in [0.4, 0.5) is 5.82 Å². The zero-order valence-electron chi connectivity index (χ0n) is 24.3. The number of thiophene rings is 1. The van der Waals surface area contributed by atoms with Crippen LogP contribution < -0.4 is 15.6 Å². The van der Waals surface area contributed by atoms with Crippen molar-refractivity contribution < 1.29 is 18.7 Å². The molecular weight excluding hydrogens is 626 g/mol. The number of carbonyl (C=O) groups excluding carboxylic acids is 2. The van der Waals surface area contributed by atoms with Gasteiger partial charge in [0.2, 0.25) is 5.78 Å². The number of ketones is 1. The molecule has 0 aliphatic carbocycles. The number of carbonyl (C=O) groups is 2. The number of Topliss-reactive ketones (excluding diaryl/α,β-unsaturated/α-hetero) is 1. The topological polar surface area (TPSA) is 121 Å². The summed E-state index contributed by atoms with van der Waals surface area (Å²) < 4.78 is 13.7. The van der Waals surface area contributed by atoms with Crippen LogP contribution in [0, 0.1) is 11.8 Å². The Labute approximate surface area is 271 Å². The lowest BCUT2D eigenvalue weighted by molar-refractivity contribution is 0.0935. The number of ether oxygens (including phenoxy) is 1. The number of anilines is 1. The number of methoxy groups -OCH3 is 1. The maximum absolute atomic E-state index is 13.9. The molecular formula is C34H24ClN5O5S. The number of hydrogen-bond acceptors (Lipinski definition) is 9. The van der Waals surface area contributed by atoms with Gasteiger partial charge in [0.25, 0.3) is 11.5 Å². The molecule has 0 aliphatic heterocycles. The van der Waals surface area contributed by atoms with E-state index >= 15 is 0 Å². The standard InChI is InChI=1S/C34H24ClN5O5S/c1-44-29-10-6-5-9-25(29)34(43)40-32(37-18-24-13-14-31(35)46-24)17-26(38-40)27-15-23(12-11-22-7-3-2-4-8-22)16-33(42)39(27)20-28(41)30-19-36-21-45-30/h2-10,13-17,19,21,37H,18,20H2,1H3. The fourth-order valence-electron chi connectivity index (χ4n) is 4.63. The Balaban J connectivity index is 1.48. The fraction of sp³-hybridized carbons (Fsp3) is 0.0882. The van der Waals surface area contributed by atoms with Crippen LogP contribution in [-0.4, -0.2) is 38.1 Å². The smallest absolute Gasteiger partial charge is 0.283 e. The molecule has 0 atom stereocenters. The lowest BCUT2D eigenvalue weighted by atomic mass is 10.1. The summed E-state index contributed by atoms with van der Waals surface area (Å²) in [5.41, 5.74) is 1.48. The predicted molar refractivity (Wildman–Crippen MR) is 175 cm³/mol. The van der Waals surface area contributed by atoms with Gasteiger partial charge in [0.1, 0.15) is 17.3 Å². The number of nitrogens with zero attached hydrogens (tertiary/aromatic N) is 4. The van der Waals surface area contributed by atoms with Crippen LogP contribution in [0.25, 0.3) is 11.4 Å². The molecule has 12 heteroatoms. The van der Waals surface area contributed by atoms with Crippen molar-refractivity contribution in [2.24, 2.45) is 0 Å². The molecule has 6 rings (SSSR count). The summed E-state index contributed by atoms with van der Waals surface area (Å²) in [6.07, 6.45) is 2.43. The Morgan fingerprint density at radius 2 is 1.78 bits per heavy atom. The van der Waals surface area contributed by atoms with Crippen molar-refractivity contribution in [3.8, 4) is 29.0 Å². The molecule has 4 heterocycles. The molecule has 228 valence electrons. The SMILES string of the molecule is COc1ccccc1C(=O)n1nc(-c2cc(C#Cc3ccccc3)cc(=O)n2CC(=O)c2cnco2)cc1NCc1ccc(Cl)s1. The van der Waals surface area contributed by atoms with E-state index in [0.29, 0.717) is 28.0 Å². The highest BCUT2D eigenvalue weighted by Gasteiger charge is 2.23. The van der Waals surface area contributed by atoms with E-state index in [4.69, 9.17) is 20.8 Å². The first kappa shape index (κ1) is 30.3. The Morgan fingerprint density at radius 3 is 2.52 bits per heavy atom.